The molecule has 0 aliphatic carbocycles. The first kappa shape index (κ1) is 28.4. The molecule has 4 aromatic rings. The molecule has 1 unspecified atom stereocenters. The van der Waals surface area contributed by atoms with Crippen LogP contribution in [0.1, 0.15) is 12.5 Å². The molecule has 2 aliphatic heterocycles. The van der Waals surface area contributed by atoms with Crippen molar-refractivity contribution >= 4 is 45.2 Å². The van der Waals surface area contributed by atoms with E-state index < -0.39 is 29.7 Å². The quantitative estimate of drug-likeness (QED) is 0.181. The van der Waals surface area contributed by atoms with Crippen LogP contribution in [0.25, 0.3) is 5.57 Å². The second-order valence-corrected chi connectivity index (χ2v) is 13.6. The number of hydrogen-bond donors (Lipinski definition) is 0. The first-order chi connectivity index (χ1) is 19.8. The Kier molecular flexibility index (Phi) is 8.46. The lowest BCUT2D eigenvalue weighted by Gasteiger charge is -2.23. The number of carbonyl (C=O) groups is 1. The van der Waals surface area contributed by atoms with Crippen LogP contribution < -0.4 is 15.9 Å². The van der Waals surface area contributed by atoms with Gasteiger partial charge in [-0.25, -0.2) is 13.2 Å². The van der Waals surface area contributed by atoms with Crippen LogP contribution in [0.3, 0.4) is 0 Å². The molecule has 3 aromatic carbocycles. The first-order valence-electron chi connectivity index (χ1n) is 12.9. The van der Waals surface area contributed by atoms with E-state index in [1.165, 1.54) is 33.3 Å². The number of allylic oxidation sites excluding steroid dienone is 1. The summed E-state index contributed by atoms with van der Waals surface area (Å²) in [4.78, 5) is 13.2. The average Bonchev–Trinajstić information content (AvgIpc) is 3.61. The normalized spacial score (nSPS) is 16.9. The number of rotatable bonds is 7. The summed E-state index contributed by atoms with van der Waals surface area (Å²) in [5.74, 6) is 2.41. The lowest BCUT2D eigenvalue weighted by molar-refractivity contribution is -0.0195. The van der Waals surface area contributed by atoms with Crippen LogP contribution >= 0.6 is 7.26 Å². The summed E-state index contributed by atoms with van der Waals surface area (Å²) in [7, 11) is -6.72. The molecule has 1 saturated heterocycles. The Morgan fingerprint density at radius 1 is 0.951 bits per heavy atom. The zero-order chi connectivity index (χ0) is 28.9. The third-order valence-corrected chi connectivity index (χ3v) is 11.2. The monoisotopic (exact) mass is 589 g/mol. The Hall–Kier alpha value is -4.08. The van der Waals surface area contributed by atoms with Crippen molar-refractivity contribution in [1.82, 2.24) is 15.1 Å². The number of hydroxylamine groups is 2. The van der Waals surface area contributed by atoms with Gasteiger partial charge < -0.3 is 14.0 Å². The van der Waals surface area contributed by atoms with Gasteiger partial charge >= 0.3 is 6.03 Å². The van der Waals surface area contributed by atoms with Gasteiger partial charge in [0.1, 0.15) is 29.4 Å². The van der Waals surface area contributed by atoms with Gasteiger partial charge in [0.15, 0.2) is 0 Å². The highest BCUT2D eigenvalue weighted by Crippen LogP contribution is 2.56. The van der Waals surface area contributed by atoms with Crippen molar-refractivity contribution in [3.05, 3.63) is 127 Å². The van der Waals surface area contributed by atoms with Gasteiger partial charge in [0, 0.05) is 18.7 Å². The van der Waals surface area contributed by atoms with E-state index in [2.05, 4.69) is 119 Å². The molecule has 2 amide bonds. The van der Waals surface area contributed by atoms with Crippen molar-refractivity contribution in [2.45, 2.75) is 13.0 Å². The number of nitrogens with zero attached hydrogens (tertiary/aromatic N) is 3. The number of fused-ring (bicyclic) bond motifs is 2. The highest BCUT2D eigenvalue weighted by Gasteiger charge is 2.43. The van der Waals surface area contributed by atoms with Crippen LogP contribution in [0.15, 0.2) is 126 Å². The summed E-state index contributed by atoms with van der Waals surface area (Å²) in [6.07, 6.45) is 6.75. The number of benzene rings is 3. The number of carbonyl (C=O) groups excluding carboxylic acids is 1. The highest BCUT2D eigenvalue weighted by atomic mass is 32.3. The molecule has 0 spiro atoms. The fourth-order valence-electron chi connectivity index (χ4n) is 5.06. The van der Waals surface area contributed by atoms with Gasteiger partial charge in [0.25, 0.3) is 0 Å². The Balaban J connectivity index is 0.000000166. The molecule has 11 heteroatoms. The van der Waals surface area contributed by atoms with E-state index in [4.69, 9.17) is 4.52 Å². The van der Waals surface area contributed by atoms with E-state index in [0.717, 1.165) is 5.57 Å². The van der Waals surface area contributed by atoms with Crippen molar-refractivity contribution < 1.29 is 26.6 Å². The number of aromatic nitrogens is 1. The maximum Gasteiger partial charge on any atom is 0.346 e. The van der Waals surface area contributed by atoms with Crippen molar-refractivity contribution in [1.29, 1.82) is 0 Å². The van der Waals surface area contributed by atoms with E-state index >= 15 is 0 Å². The van der Waals surface area contributed by atoms with Crippen LogP contribution in [0.2, 0.25) is 0 Å². The Morgan fingerprint density at radius 2 is 1.49 bits per heavy atom. The maximum atomic E-state index is 11.8. The summed E-state index contributed by atoms with van der Waals surface area (Å²) in [6.45, 7) is 2.65. The van der Waals surface area contributed by atoms with E-state index in [0.29, 0.717) is 10.6 Å². The van der Waals surface area contributed by atoms with Crippen molar-refractivity contribution in [2.75, 3.05) is 13.1 Å². The van der Waals surface area contributed by atoms with Gasteiger partial charge in [0.05, 0.1) is 18.1 Å². The van der Waals surface area contributed by atoms with Gasteiger partial charge in [-0.1, -0.05) is 71.9 Å². The Bertz CT molecular complexity index is 1530. The molecule has 0 N–H and O–H groups in total. The summed E-state index contributed by atoms with van der Waals surface area (Å²) < 4.78 is 40.7. The molecule has 1 aromatic heterocycles. The van der Waals surface area contributed by atoms with Gasteiger partial charge in [-0.2, -0.15) is 9.35 Å². The van der Waals surface area contributed by atoms with Crippen molar-refractivity contribution in [2.24, 2.45) is 0 Å². The van der Waals surface area contributed by atoms with E-state index in [-0.39, 0.29) is 13.1 Å². The number of hydrogen-bond acceptors (Lipinski definition) is 7. The van der Waals surface area contributed by atoms with E-state index in [9.17, 15) is 17.8 Å². The van der Waals surface area contributed by atoms with Gasteiger partial charge in [-0.3, -0.25) is 0 Å². The van der Waals surface area contributed by atoms with E-state index in [1.54, 1.807) is 6.08 Å². The lowest BCUT2D eigenvalue weighted by atomic mass is 10.0. The molecule has 41 heavy (non-hydrogen) atoms. The minimum absolute atomic E-state index is 0.267. The molecular formula is C30H28N3O6PS. The van der Waals surface area contributed by atoms with E-state index in [1.807, 2.05) is 0 Å². The molecule has 9 nitrogen and oxygen atoms in total. The number of urea groups is 1. The molecule has 2 bridgehead atoms. The summed E-state index contributed by atoms with van der Waals surface area (Å²) in [5.41, 5.74) is 1.44. The molecule has 3 heterocycles. The summed E-state index contributed by atoms with van der Waals surface area (Å²) in [6, 6.07) is 31.3. The van der Waals surface area contributed by atoms with Gasteiger partial charge in [-0.15, -0.1) is 0 Å². The standard InChI is InChI=1S/C21H20P.C9H9N3O6S/c1-2-18-22(19-12-6-3-7-13-19,20-14-8-4-9-15-20)21-16-10-5-11-17-21;13-9-11-3-6(7-2-10-17-5-7)1-8(4-11)12(9)18-19(14,15)16/h2-18H,1H3;1-2,5,8H,3-4H2,(H,14,15,16)/q+1;/p-1. The predicted octanol–water partition coefficient (Wildman–Crippen LogP) is 4.08. The molecule has 2 aliphatic rings. The fourth-order valence-corrected chi connectivity index (χ4v) is 9.21. The Morgan fingerprint density at radius 3 is 1.93 bits per heavy atom. The second-order valence-electron chi connectivity index (χ2n) is 9.36. The largest absolute Gasteiger partial charge is 0.724 e. The van der Waals surface area contributed by atoms with Crippen LogP contribution in [0.4, 0.5) is 4.79 Å². The minimum Gasteiger partial charge on any atom is -0.724 e. The molecular weight excluding hydrogens is 561 g/mol. The molecule has 210 valence electrons. The number of amides is 2. The smallest absolute Gasteiger partial charge is 0.346 e. The molecule has 1 atom stereocenters. The minimum atomic E-state index is -4.98. The van der Waals surface area contributed by atoms with Crippen LogP contribution in [0, 0.1) is 0 Å². The van der Waals surface area contributed by atoms with Crippen molar-refractivity contribution in [3.63, 3.8) is 0 Å². The third-order valence-electron chi connectivity index (χ3n) is 6.76. The maximum absolute atomic E-state index is 11.8. The average molecular weight is 590 g/mol. The van der Waals surface area contributed by atoms with Gasteiger partial charge in [0.2, 0.25) is 10.4 Å². The third kappa shape index (κ3) is 6.16. The van der Waals surface area contributed by atoms with Crippen LogP contribution in [-0.4, -0.2) is 53.3 Å². The van der Waals surface area contributed by atoms with Crippen molar-refractivity contribution in [3.8, 4) is 0 Å². The second kappa shape index (κ2) is 12.2. The van der Waals surface area contributed by atoms with Crippen LogP contribution in [-0.2, 0) is 14.7 Å². The Labute approximate surface area is 239 Å². The lowest BCUT2D eigenvalue weighted by Crippen LogP contribution is -2.35. The molecule has 1 fully saturated rings. The van der Waals surface area contributed by atoms with Gasteiger partial charge in [-0.05, 0) is 48.9 Å². The summed E-state index contributed by atoms with van der Waals surface area (Å²) >= 11 is 0. The topological polar surface area (TPSA) is 116 Å². The fraction of sp³-hybridized carbons (Fsp3) is 0.133. The first-order valence-corrected chi connectivity index (χ1v) is 16.0. The molecule has 6 rings (SSSR count). The summed E-state index contributed by atoms with van der Waals surface area (Å²) in [5, 5.41) is 8.31. The zero-order valence-electron chi connectivity index (χ0n) is 22.2. The molecule has 0 saturated carbocycles. The highest BCUT2D eigenvalue weighted by molar-refractivity contribution is 7.98. The van der Waals surface area contributed by atoms with Crippen LogP contribution in [0.5, 0.6) is 0 Å². The SMILES string of the molecule is CC=C[P+](c1ccccc1)(c1ccccc1)c1ccccc1.O=C1N2CC(c3cnoc3)=CC(C2)N1OS(=O)(=O)[O-]. The zero-order valence-corrected chi connectivity index (χ0v) is 23.9. The molecule has 0 radical (unpaired) electrons. The predicted molar refractivity (Wildman–Crippen MR) is 158 cm³/mol.